The molecular formula is C20H28FN3O3S. The third-order valence-corrected chi connectivity index (χ3v) is 6.93. The maximum atomic E-state index is 13.7. The molecule has 8 heteroatoms. The van der Waals surface area contributed by atoms with Gasteiger partial charge in [0.2, 0.25) is 15.0 Å². The summed E-state index contributed by atoms with van der Waals surface area (Å²) >= 11 is 0. The molecule has 0 aliphatic carbocycles. The number of methoxy groups -OCH3 is 1. The van der Waals surface area contributed by atoms with Crippen LogP contribution in [0.3, 0.4) is 0 Å². The van der Waals surface area contributed by atoms with Crippen LogP contribution in [0, 0.1) is 5.82 Å². The Morgan fingerprint density at radius 1 is 1.32 bits per heavy atom. The molecule has 28 heavy (non-hydrogen) atoms. The summed E-state index contributed by atoms with van der Waals surface area (Å²) in [5, 5.41) is 0.0985. The van der Waals surface area contributed by atoms with Crippen LogP contribution in [0.15, 0.2) is 35.6 Å². The van der Waals surface area contributed by atoms with E-state index in [1.165, 1.54) is 6.07 Å². The summed E-state index contributed by atoms with van der Waals surface area (Å²) in [4.78, 5) is 6.51. The van der Waals surface area contributed by atoms with E-state index in [0.717, 1.165) is 37.1 Å². The van der Waals surface area contributed by atoms with Crippen molar-refractivity contribution in [3.63, 3.8) is 0 Å². The Labute approximate surface area is 166 Å². The number of nitrogens with zero attached hydrogens (tertiary/aromatic N) is 3. The number of imidazole rings is 1. The van der Waals surface area contributed by atoms with E-state index >= 15 is 0 Å². The molecular weight excluding hydrogens is 381 g/mol. The molecule has 1 aromatic heterocycles. The molecule has 3 rings (SSSR count). The first-order valence-corrected chi connectivity index (χ1v) is 11.4. The highest BCUT2D eigenvalue weighted by molar-refractivity contribution is 7.91. The maximum absolute atomic E-state index is 13.7. The van der Waals surface area contributed by atoms with Crippen LogP contribution in [0.1, 0.15) is 43.5 Å². The van der Waals surface area contributed by atoms with Crippen molar-refractivity contribution in [2.45, 2.75) is 50.5 Å². The molecule has 1 unspecified atom stereocenters. The summed E-state index contributed by atoms with van der Waals surface area (Å²) in [6.07, 6.45) is 4.76. The van der Waals surface area contributed by atoms with Gasteiger partial charge in [-0.25, -0.2) is 17.8 Å². The second kappa shape index (κ2) is 9.15. The predicted molar refractivity (Wildman–Crippen MR) is 105 cm³/mol. The molecule has 1 fully saturated rings. The van der Waals surface area contributed by atoms with E-state index < -0.39 is 9.84 Å². The minimum absolute atomic E-state index is 0.00602. The first-order chi connectivity index (χ1) is 13.5. The van der Waals surface area contributed by atoms with Gasteiger partial charge in [0.05, 0.1) is 24.3 Å². The zero-order valence-electron chi connectivity index (χ0n) is 16.5. The second-order valence-corrected chi connectivity index (χ2v) is 9.29. The second-order valence-electron chi connectivity index (χ2n) is 7.12. The highest BCUT2D eigenvalue weighted by Crippen LogP contribution is 2.32. The molecule has 0 radical (unpaired) electrons. The van der Waals surface area contributed by atoms with Gasteiger partial charge in [0.1, 0.15) is 5.82 Å². The normalized spacial score (nSPS) is 18.5. The average molecular weight is 410 g/mol. The number of sulfone groups is 1. The summed E-state index contributed by atoms with van der Waals surface area (Å²) in [5.41, 5.74) is 1.80. The van der Waals surface area contributed by atoms with E-state index in [0.29, 0.717) is 19.7 Å². The number of likely N-dealkylation sites (tertiary alicyclic amines) is 1. The number of aromatic nitrogens is 2. The molecule has 0 bridgehead atoms. The topological polar surface area (TPSA) is 64.4 Å². The van der Waals surface area contributed by atoms with Crippen molar-refractivity contribution in [2.75, 3.05) is 26.0 Å². The number of ether oxygens (including phenoxy) is 1. The molecule has 1 aromatic carbocycles. The number of rotatable bonds is 8. The molecule has 1 aliphatic heterocycles. The van der Waals surface area contributed by atoms with Crippen LogP contribution in [0.5, 0.6) is 0 Å². The predicted octanol–water partition coefficient (Wildman–Crippen LogP) is 3.19. The van der Waals surface area contributed by atoms with E-state index in [2.05, 4.69) is 9.88 Å². The first-order valence-electron chi connectivity index (χ1n) is 9.72. The molecule has 6 nitrogen and oxygen atoms in total. The third kappa shape index (κ3) is 4.61. The Bertz CT molecular complexity index is 898. The molecule has 2 aromatic rings. The van der Waals surface area contributed by atoms with Gasteiger partial charge in [-0.2, -0.15) is 0 Å². The lowest BCUT2D eigenvalue weighted by Crippen LogP contribution is -2.34. The van der Waals surface area contributed by atoms with Crippen molar-refractivity contribution in [3.8, 4) is 0 Å². The van der Waals surface area contributed by atoms with Gasteiger partial charge in [0.15, 0.2) is 0 Å². The number of benzene rings is 1. The number of hydrogen-bond donors (Lipinski definition) is 0. The quantitative estimate of drug-likeness (QED) is 0.670. The van der Waals surface area contributed by atoms with Crippen LogP contribution >= 0.6 is 0 Å². The third-order valence-electron chi connectivity index (χ3n) is 5.29. The lowest BCUT2D eigenvalue weighted by molar-refractivity contribution is 0.134. The molecule has 1 saturated heterocycles. The standard InChI is InChI=1S/C20H28FN3O3S/c1-3-28(25,26)20-22-14-18(24(20)11-12-27-2)15-23-10-5-4-9-19(23)16-7-6-8-17(21)13-16/h6-8,13-14,19H,3-5,9-12,15H2,1-2H3. The van der Waals surface area contributed by atoms with Crippen molar-refractivity contribution >= 4 is 9.84 Å². The minimum atomic E-state index is -3.42. The summed E-state index contributed by atoms with van der Waals surface area (Å²) in [5.74, 6) is -0.226. The average Bonchev–Trinajstić information content (AvgIpc) is 3.10. The molecule has 154 valence electrons. The lowest BCUT2D eigenvalue weighted by Gasteiger charge is -2.36. The van der Waals surface area contributed by atoms with Crippen LogP contribution in [-0.4, -0.2) is 48.9 Å². The van der Waals surface area contributed by atoms with Gasteiger partial charge in [0.25, 0.3) is 0 Å². The SMILES string of the molecule is CCS(=O)(=O)c1ncc(CN2CCCCC2c2cccc(F)c2)n1CCOC. The molecule has 0 saturated carbocycles. The van der Waals surface area contributed by atoms with E-state index in [4.69, 9.17) is 4.74 Å². The summed E-state index contributed by atoms with van der Waals surface area (Å²) in [7, 11) is -1.83. The summed E-state index contributed by atoms with van der Waals surface area (Å²) < 4.78 is 45.5. The van der Waals surface area contributed by atoms with Crippen LogP contribution in [0.25, 0.3) is 0 Å². The van der Waals surface area contributed by atoms with E-state index in [1.807, 2.05) is 6.07 Å². The fourth-order valence-electron chi connectivity index (χ4n) is 3.80. The van der Waals surface area contributed by atoms with Crippen molar-refractivity contribution in [3.05, 3.63) is 47.5 Å². The maximum Gasteiger partial charge on any atom is 0.227 e. The van der Waals surface area contributed by atoms with Crippen LogP contribution < -0.4 is 0 Å². The van der Waals surface area contributed by atoms with Gasteiger partial charge < -0.3 is 9.30 Å². The van der Waals surface area contributed by atoms with Gasteiger partial charge in [-0.15, -0.1) is 0 Å². The van der Waals surface area contributed by atoms with Crippen molar-refractivity contribution < 1.29 is 17.5 Å². The van der Waals surface area contributed by atoms with Gasteiger partial charge >= 0.3 is 0 Å². The Morgan fingerprint density at radius 2 is 2.14 bits per heavy atom. The van der Waals surface area contributed by atoms with E-state index in [-0.39, 0.29) is 22.8 Å². The van der Waals surface area contributed by atoms with Crippen molar-refractivity contribution in [1.29, 1.82) is 0 Å². The van der Waals surface area contributed by atoms with Crippen molar-refractivity contribution in [1.82, 2.24) is 14.5 Å². The number of hydrogen-bond acceptors (Lipinski definition) is 5. The molecule has 1 atom stereocenters. The first kappa shape index (κ1) is 21.0. The van der Waals surface area contributed by atoms with E-state index in [9.17, 15) is 12.8 Å². The van der Waals surface area contributed by atoms with Crippen LogP contribution in [0.4, 0.5) is 4.39 Å². The molecule has 1 aliphatic rings. The molecule has 0 spiro atoms. The number of piperidine rings is 1. The number of halogens is 1. The largest absolute Gasteiger partial charge is 0.383 e. The summed E-state index contributed by atoms with van der Waals surface area (Å²) in [6.45, 7) is 3.90. The van der Waals surface area contributed by atoms with Crippen molar-refractivity contribution in [2.24, 2.45) is 0 Å². The zero-order chi connectivity index (χ0) is 20.1. The highest BCUT2D eigenvalue weighted by Gasteiger charge is 2.27. The lowest BCUT2D eigenvalue weighted by atomic mass is 9.95. The van der Waals surface area contributed by atoms with Gasteiger partial charge in [-0.05, 0) is 37.1 Å². The Morgan fingerprint density at radius 3 is 2.86 bits per heavy atom. The Hall–Kier alpha value is -1.77. The van der Waals surface area contributed by atoms with Gasteiger partial charge in [0, 0.05) is 26.2 Å². The fourth-order valence-corrected chi connectivity index (χ4v) is 4.81. The van der Waals surface area contributed by atoms with E-state index in [1.54, 1.807) is 36.9 Å². The molecule has 0 N–H and O–H groups in total. The molecule has 2 heterocycles. The minimum Gasteiger partial charge on any atom is -0.383 e. The fraction of sp³-hybridized carbons (Fsp3) is 0.550. The van der Waals surface area contributed by atoms with Crippen LogP contribution in [-0.2, 0) is 27.7 Å². The summed E-state index contributed by atoms with van der Waals surface area (Å²) in [6, 6.07) is 6.87. The monoisotopic (exact) mass is 409 g/mol. The van der Waals surface area contributed by atoms with Gasteiger partial charge in [-0.3, -0.25) is 4.90 Å². The molecule has 0 amide bonds. The van der Waals surface area contributed by atoms with Gasteiger partial charge in [-0.1, -0.05) is 25.5 Å². The smallest absolute Gasteiger partial charge is 0.227 e. The van der Waals surface area contributed by atoms with Crippen LogP contribution in [0.2, 0.25) is 0 Å². The highest BCUT2D eigenvalue weighted by atomic mass is 32.2. The Kier molecular flexibility index (Phi) is 6.85. The Balaban J connectivity index is 1.90. The zero-order valence-corrected chi connectivity index (χ0v) is 17.3.